The lowest BCUT2D eigenvalue weighted by Gasteiger charge is -1.83. The van der Waals surface area contributed by atoms with Crippen LogP contribution in [0.15, 0.2) is 10.3 Å². The first-order valence-electron chi connectivity index (χ1n) is 2.80. The molecule has 1 rings (SSSR count). The van der Waals surface area contributed by atoms with E-state index < -0.39 is 25.0 Å². The highest BCUT2D eigenvalue weighted by Crippen LogP contribution is 2.34. The van der Waals surface area contributed by atoms with Crippen molar-refractivity contribution in [2.24, 2.45) is 0 Å². The minimum Gasteiger partial charge on any atom is -0.385 e. The zero-order valence-electron chi connectivity index (χ0n) is 5.93. The molecule has 0 aliphatic carbocycles. The molecular formula is C4H3FN2O4S2. The summed E-state index contributed by atoms with van der Waals surface area (Å²) in [7, 11) is -4.90. The zero-order chi connectivity index (χ0) is 10.2. The molecule has 0 fully saturated rings. The molecule has 0 saturated heterocycles. The van der Waals surface area contributed by atoms with E-state index in [4.69, 9.17) is 5.73 Å². The van der Waals surface area contributed by atoms with Crippen molar-refractivity contribution in [1.29, 1.82) is 0 Å². The molecule has 0 bridgehead atoms. The fourth-order valence-corrected chi connectivity index (χ4v) is 2.18. The van der Waals surface area contributed by atoms with Gasteiger partial charge in [-0.15, -0.1) is 0 Å². The fraction of sp³-hybridized carbons (Fsp3) is 0. The lowest BCUT2D eigenvalue weighted by atomic mass is 10.5. The lowest BCUT2D eigenvalue weighted by molar-refractivity contribution is -0.383. The van der Waals surface area contributed by atoms with Gasteiger partial charge < -0.3 is 5.73 Å². The molecule has 0 atom stereocenters. The van der Waals surface area contributed by atoms with E-state index >= 15 is 0 Å². The summed E-state index contributed by atoms with van der Waals surface area (Å²) in [5.74, 6) is 0. The predicted octanol–water partition coefficient (Wildman–Crippen LogP) is 0.897. The molecule has 0 spiro atoms. The van der Waals surface area contributed by atoms with Gasteiger partial charge in [0.05, 0.1) is 11.0 Å². The summed E-state index contributed by atoms with van der Waals surface area (Å²) in [4.78, 5) is 9.30. The topological polar surface area (TPSA) is 103 Å². The van der Waals surface area contributed by atoms with Crippen LogP contribution in [0.25, 0.3) is 0 Å². The van der Waals surface area contributed by atoms with Crippen LogP contribution in [0, 0.1) is 10.1 Å². The number of nitrogens with zero attached hydrogens (tertiary/aromatic N) is 1. The monoisotopic (exact) mass is 226 g/mol. The van der Waals surface area contributed by atoms with E-state index in [0.29, 0.717) is 17.4 Å². The van der Waals surface area contributed by atoms with E-state index in [0.717, 1.165) is 0 Å². The van der Waals surface area contributed by atoms with E-state index in [1.54, 1.807) is 0 Å². The number of hydrogen-bond acceptors (Lipinski definition) is 6. The number of halogens is 1. The minimum absolute atomic E-state index is 0.323. The van der Waals surface area contributed by atoms with Crippen molar-refractivity contribution in [3.8, 4) is 0 Å². The Morgan fingerprint density at radius 1 is 1.62 bits per heavy atom. The third kappa shape index (κ3) is 1.92. The molecule has 1 aromatic rings. The van der Waals surface area contributed by atoms with Crippen LogP contribution in [-0.2, 0) is 10.2 Å². The van der Waals surface area contributed by atoms with Gasteiger partial charge >= 0.3 is 15.9 Å². The summed E-state index contributed by atoms with van der Waals surface area (Å²) in [6, 6.07) is 0.593. The van der Waals surface area contributed by atoms with Gasteiger partial charge in [0.15, 0.2) is 9.21 Å². The molecule has 0 radical (unpaired) electrons. The van der Waals surface area contributed by atoms with Crippen molar-refractivity contribution in [3.63, 3.8) is 0 Å². The maximum atomic E-state index is 12.3. The van der Waals surface area contributed by atoms with Crippen molar-refractivity contribution >= 4 is 32.2 Å². The summed E-state index contributed by atoms with van der Waals surface area (Å²) in [6.07, 6.45) is 0. The Kier molecular flexibility index (Phi) is 2.22. The molecule has 6 nitrogen and oxygen atoms in total. The molecule has 0 aromatic carbocycles. The van der Waals surface area contributed by atoms with Crippen LogP contribution in [0.3, 0.4) is 0 Å². The van der Waals surface area contributed by atoms with Crippen molar-refractivity contribution in [1.82, 2.24) is 0 Å². The van der Waals surface area contributed by atoms with Crippen molar-refractivity contribution in [2.45, 2.75) is 4.21 Å². The maximum Gasteiger partial charge on any atom is 0.342 e. The van der Waals surface area contributed by atoms with E-state index in [1.165, 1.54) is 0 Å². The van der Waals surface area contributed by atoms with Gasteiger partial charge in [-0.1, -0.05) is 15.2 Å². The minimum atomic E-state index is -4.90. The second-order valence-corrected chi connectivity index (χ2v) is 4.67. The second-order valence-electron chi connectivity index (χ2n) is 2.01. The van der Waals surface area contributed by atoms with Gasteiger partial charge in [0.25, 0.3) is 0 Å². The third-order valence-corrected chi connectivity index (χ3v) is 3.35. The quantitative estimate of drug-likeness (QED) is 0.458. The average molecular weight is 226 g/mol. The van der Waals surface area contributed by atoms with E-state index in [9.17, 15) is 22.4 Å². The summed E-state index contributed by atoms with van der Waals surface area (Å²) < 4.78 is 32.1. The third-order valence-electron chi connectivity index (χ3n) is 1.15. The van der Waals surface area contributed by atoms with Gasteiger partial charge in [-0.3, -0.25) is 10.1 Å². The number of nitrogen functional groups attached to an aromatic ring is 1. The van der Waals surface area contributed by atoms with Crippen LogP contribution in [0.2, 0.25) is 0 Å². The Hall–Kier alpha value is -1.22. The fourth-order valence-electron chi connectivity index (χ4n) is 0.636. The highest BCUT2D eigenvalue weighted by molar-refractivity contribution is 7.88. The first kappa shape index (κ1) is 9.86. The number of rotatable bonds is 2. The highest BCUT2D eigenvalue weighted by atomic mass is 32.3. The van der Waals surface area contributed by atoms with Crippen LogP contribution in [0.5, 0.6) is 0 Å². The normalized spacial score (nSPS) is 11.5. The number of nitro groups is 1. The highest BCUT2D eigenvalue weighted by Gasteiger charge is 2.23. The molecule has 0 aliphatic heterocycles. The largest absolute Gasteiger partial charge is 0.385 e. The Bertz CT molecular complexity index is 451. The van der Waals surface area contributed by atoms with Gasteiger partial charge in [-0.05, 0) is 0 Å². The molecule has 0 aliphatic rings. The summed E-state index contributed by atoms with van der Waals surface area (Å²) in [6.45, 7) is 0. The first-order chi connectivity index (χ1) is 5.82. The van der Waals surface area contributed by atoms with Crippen LogP contribution < -0.4 is 5.73 Å². The molecule has 1 heterocycles. The molecule has 9 heteroatoms. The summed E-state index contributed by atoms with van der Waals surface area (Å²) in [5.41, 5.74) is 4.49. The molecule has 2 N–H and O–H groups in total. The molecule has 72 valence electrons. The van der Waals surface area contributed by atoms with Crippen LogP contribution >= 0.6 is 11.3 Å². The molecule has 0 unspecified atom stereocenters. The predicted molar refractivity (Wildman–Crippen MR) is 43.7 cm³/mol. The molecule has 13 heavy (non-hydrogen) atoms. The molecule has 0 saturated carbocycles. The van der Waals surface area contributed by atoms with Crippen molar-refractivity contribution < 1.29 is 17.2 Å². The first-order valence-corrected chi connectivity index (χ1v) is 5.00. The van der Waals surface area contributed by atoms with Crippen LogP contribution in [0.1, 0.15) is 0 Å². The Morgan fingerprint density at radius 2 is 2.15 bits per heavy atom. The van der Waals surface area contributed by atoms with Crippen molar-refractivity contribution in [2.75, 3.05) is 5.73 Å². The van der Waals surface area contributed by atoms with Gasteiger partial charge in [0, 0.05) is 0 Å². The summed E-state index contributed by atoms with van der Waals surface area (Å²) >= 11 is 0.323. The van der Waals surface area contributed by atoms with E-state index in [1.807, 2.05) is 0 Å². The Labute approximate surface area is 76.2 Å². The number of thiophene rings is 1. The number of nitrogens with two attached hydrogens (primary N) is 1. The standard InChI is InChI=1S/C4H3FN2O4S2/c5-13(10,11)3-1-2(7(8)9)4(6)12-3/h1H,6H2. The average Bonchev–Trinajstić information content (AvgIpc) is 2.29. The lowest BCUT2D eigenvalue weighted by Crippen LogP contribution is -1.90. The summed E-state index contributed by atoms with van der Waals surface area (Å²) in [5, 5.41) is 9.84. The number of anilines is 1. The molecule has 0 amide bonds. The van der Waals surface area contributed by atoms with Gasteiger partial charge in [-0.25, -0.2) is 0 Å². The van der Waals surface area contributed by atoms with Gasteiger partial charge in [-0.2, -0.15) is 8.42 Å². The van der Waals surface area contributed by atoms with E-state index in [-0.39, 0.29) is 5.00 Å². The molecule has 1 aromatic heterocycles. The maximum absolute atomic E-state index is 12.3. The Morgan fingerprint density at radius 3 is 2.38 bits per heavy atom. The van der Waals surface area contributed by atoms with Crippen molar-refractivity contribution in [3.05, 3.63) is 16.2 Å². The van der Waals surface area contributed by atoms with Crippen LogP contribution in [0.4, 0.5) is 14.6 Å². The van der Waals surface area contributed by atoms with Crippen LogP contribution in [-0.4, -0.2) is 13.3 Å². The molecular weight excluding hydrogens is 223 g/mol. The second kappa shape index (κ2) is 2.92. The smallest absolute Gasteiger partial charge is 0.342 e. The van der Waals surface area contributed by atoms with E-state index in [2.05, 4.69) is 0 Å². The zero-order valence-corrected chi connectivity index (χ0v) is 7.56. The SMILES string of the molecule is Nc1sc(S(=O)(=O)F)cc1[N+](=O)[O-]. The number of hydrogen-bond donors (Lipinski definition) is 1. The van der Waals surface area contributed by atoms with Gasteiger partial charge in [0.2, 0.25) is 0 Å². The van der Waals surface area contributed by atoms with Gasteiger partial charge in [0.1, 0.15) is 0 Å². The Balaban J connectivity index is 3.33.